The Kier molecular flexibility index (Phi) is 5.99. The van der Waals surface area contributed by atoms with Gasteiger partial charge in [0.1, 0.15) is 0 Å². The molecule has 8 heteroatoms. The SMILES string of the molecule is COc1cc(-c2cc(C(=O)N[C@H]3CCSC3=O)c3ccccc3n2)cc(OC)c1OC. The number of benzene rings is 2. The van der Waals surface area contributed by atoms with Gasteiger partial charge in [-0.15, -0.1) is 0 Å². The minimum atomic E-state index is -0.464. The lowest BCUT2D eigenvalue weighted by Crippen LogP contribution is -2.37. The van der Waals surface area contributed by atoms with Crippen LogP contribution in [0.4, 0.5) is 0 Å². The molecule has 3 aromatic rings. The molecule has 1 amide bonds. The van der Waals surface area contributed by atoms with Crippen LogP contribution in [0.2, 0.25) is 0 Å². The molecule has 1 aromatic heterocycles. The third kappa shape index (κ3) is 4.03. The van der Waals surface area contributed by atoms with E-state index in [9.17, 15) is 9.59 Å². The molecule has 1 saturated heterocycles. The third-order valence-corrected chi connectivity index (χ3v) is 6.17. The number of hydrogen-bond acceptors (Lipinski definition) is 7. The van der Waals surface area contributed by atoms with Crippen LogP contribution in [0.15, 0.2) is 42.5 Å². The molecule has 0 bridgehead atoms. The lowest BCUT2D eigenvalue weighted by molar-refractivity contribution is -0.112. The summed E-state index contributed by atoms with van der Waals surface area (Å²) in [5.74, 6) is 1.88. The Labute approximate surface area is 184 Å². The summed E-state index contributed by atoms with van der Waals surface area (Å²) in [6.45, 7) is 0. The van der Waals surface area contributed by atoms with Crippen molar-refractivity contribution in [3.05, 3.63) is 48.0 Å². The molecule has 0 unspecified atom stereocenters. The van der Waals surface area contributed by atoms with Gasteiger partial charge in [-0.05, 0) is 30.7 Å². The summed E-state index contributed by atoms with van der Waals surface area (Å²) in [4.78, 5) is 29.9. The number of fused-ring (bicyclic) bond motifs is 1. The highest BCUT2D eigenvalue weighted by molar-refractivity contribution is 8.14. The van der Waals surface area contributed by atoms with E-state index in [0.717, 1.165) is 5.75 Å². The zero-order valence-corrected chi connectivity index (χ0v) is 18.2. The van der Waals surface area contributed by atoms with E-state index in [4.69, 9.17) is 19.2 Å². The molecule has 1 atom stereocenters. The molecule has 2 heterocycles. The van der Waals surface area contributed by atoms with Crippen LogP contribution in [0.25, 0.3) is 22.2 Å². The summed E-state index contributed by atoms with van der Waals surface area (Å²) in [6.07, 6.45) is 0.637. The van der Waals surface area contributed by atoms with Crippen molar-refractivity contribution in [2.45, 2.75) is 12.5 Å². The number of hydrogen-bond donors (Lipinski definition) is 1. The van der Waals surface area contributed by atoms with Crippen LogP contribution in [0.3, 0.4) is 0 Å². The Bertz CT molecular complexity index is 1140. The summed E-state index contributed by atoms with van der Waals surface area (Å²) < 4.78 is 16.3. The number of aromatic nitrogens is 1. The molecule has 7 nitrogen and oxygen atoms in total. The number of nitrogens with zero attached hydrogens (tertiary/aromatic N) is 1. The molecule has 2 aromatic carbocycles. The van der Waals surface area contributed by atoms with Gasteiger partial charge in [0.25, 0.3) is 5.91 Å². The summed E-state index contributed by atoms with van der Waals surface area (Å²) in [7, 11) is 4.63. The number of carbonyl (C=O) groups is 2. The van der Waals surface area contributed by atoms with Gasteiger partial charge < -0.3 is 19.5 Å². The summed E-state index contributed by atoms with van der Waals surface area (Å²) in [6, 6.07) is 12.3. The number of pyridine rings is 1. The number of methoxy groups -OCH3 is 3. The minimum absolute atomic E-state index is 0.00318. The molecule has 4 rings (SSSR count). The molecule has 0 saturated carbocycles. The van der Waals surface area contributed by atoms with Crippen molar-refractivity contribution in [3.8, 4) is 28.5 Å². The van der Waals surface area contributed by atoms with Crippen LogP contribution in [-0.4, -0.2) is 49.1 Å². The molecule has 1 fully saturated rings. The maximum Gasteiger partial charge on any atom is 0.252 e. The number of carbonyl (C=O) groups excluding carboxylic acids is 2. The van der Waals surface area contributed by atoms with Gasteiger partial charge in [0.2, 0.25) is 10.9 Å². The second-order valence-electron chi connectivity index (χ2n) is 6.97. The normalized spacial score (nSPS) is 15.7. The van der Waals surface area contributed by atoms with E-state index >= 15 is 0 Å². The van der Waals surface area contributed by atoms with Crippen molar-refractivity contribution in [2.24, 2.45) is 0 Å². The summed E-state index contributed by atoms with van der Waals surface area (Å²) in [5, 5.41) is 3.59. The van der Waals surface area contributed by atoms with Gasteiger partial charge >= 0.3 is 0 Å². The number of nitrogens with one attached hydrogen (secondary N) is 1. The second-order valence-corrected chi connectivity index (χ2v) is 8.07. The highest BCUT2D eigenvalue weighted by atomic mass is 32.2. The van der Waals surface area contributed by atoms with E-state index in [0.29, 0.717) is 51.4 Å². The van der Waals surface area contributed by atoms with Crippen molar-refractivity contribution in [1.29, 1.82) is 0 Å². The van der Waals surface area contributed by atoms with E-state index < -0.39 is 6.04 Å². The van der Waals surface area contributed by atoms with E-state index in [2.05, 4.69) is 5.32 Å². The van der Waals surface area contributed by atoms with Crippen molar-refractivity contribution < 1.29 is 23.8 Å². The molecule has 1 N–H and O–H groups in total. The second kappa shape index (κ2) is 8.85. The van der Waals surface area contributed by atoms with Gasteiger partial charge in [-0.2, -0.15) is 0 Å². The lowest BCUT2D eigenvalue weighted by atomic mass is 10.0. The Morgan fingerprint density at radius 3 is 2.39 bits per heavy atom. The number of thioether (sulfide) groups is 1. The molecule has 1 aliphatic rings. The summed E-state index contributed by atoms with van der Waals surface area (Å²) in [5.41, 5.74) is 2.42. The van der Waals surface area contributed by atoms with Gasteiger partial charge in [0.05, 0.1) is 44.1 Å². The average Bonchev–Trinajstić information content (AvgIpc) is 3.21. The van der Waals surface area contributed by atoms with Crippen LogP contribution in [-0.2, 0) is 4.79 Å². The fraction of sp³-hybridized carbons (Fsp3) is 0.261. The monoisotopic (exact) mass is 438 g/mol. The molecule has 0 aliphatic carbocycles. The zero-order chi connectivity index (χ0) is 22.0. The van der Waals surface area contributed by atoms with Crippen LogP contribution < -0.4 is 19.5 Å². The lowest BCUT2D eigenvalue weighted by Gasteiger charge is -2.16. The predicted molar refractivity (Wildman–Crippen MR) is 120 cm³/mol. The van der Waals surface area contributed by atoms with Gasteiger partial charge in [0, 0.05) is 16.7 Å². The van der Waals surface area contributed by atoms with Gasteiger partial charge in [-0.1, -0.05) is 30.0 Å². The Morgan fingerprint density at radius 2 is 1.77 bits per heavy atom. The van der Waals surface area contributed by atoms with E-state index in [-0.39, 0.29) is 11.0 Å². The van der Waals surface area contributed by atoms with Crippen molar-refractivity contribution in [3.63, 3.8) is 0 Å². The molecule has 1 aliphatic heterocycles. The molecule has 31 heavy (non-hydrogen) atoms. The maximum absolute atomic E-state index is 13.1. The van der Waals surface area contributed by atoms with Crippen LogP contribution in [0, 0.1) is 0 Å². The number of para-hydroxylation sites is 1. The van der Waals surface area contributed by atoms with Crippen LogP contribution >= 0.6 is 11.8 Å². The number of rotatable bonds is 6. The molecular formula is C23H22N2O5S. The van der Waals surface area contributed by atoms with Crippen LogP contribution in [0.5, 0.6) is 17.2 Å². The van der Waals surface area contributed by atoms with Crippen molar-refractivity contribution in [2.75, 3.05) is 27.1 Å². The van der Waals surface area contributed by atoms with E-state index in [1.807, 2.05) is 24.3 Å². The first-order chi connectivity index (χ1) is 15.0. The highest BCUT2D eigenvalue weighted by Gasteiger charge is 2.28. The van der Waals surface area contributed by atoms with Gasteiger partial charge in [-0.3, -0.25) is 9.59 Å². The first-order valence-electron chi connectivity index (χ1n) is 9.73. The first-order valence-corrected chi connectivity index (χ1v) is 10.7. The topological polar surface area (TPSA) is 86.8 Å². The molecule has 160 valence electrons. The van der Waals surface area contributed by atoms with E-state index in [1.54, 1.807) is 39.5 Å². The minimum Gasteiger partial charge on any atom is -0.493 e. The Morgan fingerprint density at radius 1 is 1.06 bits per heavy atom. The standard InChI is InChI=1S/C23H22N2O5S/c1-28-19-10-13(11-20(29-2)21(19)30-3)18-12-15(14-6-4-5-7-16(14)24-18)22(26)25-17-8-9-31-23(17)27/h4-7,10-12,17H,8-9H2,1-3H3,(H,25,26)/t17-/m0/s1. The fourth-order valence-electron chi connectivity index (χ4n) is 3.60. The largest absolute Gasteiger partial charge is 0.493 e. The summed E-state index contributed by atoms with van der Waals surface area (Å²) >= 11 is 1.25. The Hall–Kier alpha value is -3.26. The van der Waals surface area contributed by atoms with E-state index in [1.165, 1.54) is 11.8 Å². The highest BCUT2D eigenvalue weighted by Crippen LogP contribution is 2.41. The average molecular weight is 439 g/mol. The first kappa shape index (κ1) is 21.0. The van der Waals surface area contributed by atoms with Gasteiger partial charge in [0.15, 0.2) is 11.5 Å². The van der Waals surface area contributed by atoms with Crippen molar-refractivity contribution >= 4 is 33.7 Å². The molecule has 0 spiro atoms. The van der Waals surface area contributed by atoms with Crippen LogP contribution in [0.1, 0.15) is 16.8 Å². The zero-order valence-electron chi connectivity index (χ0n) is 17.4. The van der Waals surface area contributed by atoms with Gasteiger partial charge in [-0.25, -0.2) is 4.98 Å². The maximum atomic E-state index is 13.1. The third-order valence-electron chi connectivity index (χ3n) is 5.16. The molecular weight excluding hydrogens is 416 g/mol. The molecule has 0 radical (unpaired) electrons. The predicted octanol–water partition coefficient (Wildman–Crippen LogP) is 3.69. The Balaban J connectivity index is 1.83. The smallest absolute Gasteiger partial charge is 0.252 e. The number of ether oxygens (including phenoxy) is 3. The quantitative estimate of drug-likeness (QED) is 0.628. The number of amides is 1. The fourth-order valence-corrected chi connectivity index (χ4v) is 4.54. The van der Waals surface area contributed by atoms with Crippen molar-refractivity contribution in [1.82, 2.24) is 10.3 Å².